The lowest BCUT2D eigenvalue weighted by Gasteiger charge is -2.27. The third-order valence-electron chi connectivity index (χ3n) is 4.21. The Morgan fingerprint density at radius 2 is 1.77 bits per heavy atom. The summed E-state index contributed by atoms with van der Waals surface area (Å²) in [6, 6.07) is 18.6. The number of rotatable bonds is 5. The highest BCUT2D eigenvalue weighted by molar-refractivity contribution is 5.80. The van der Waals surface area contributed by atoms with Crippen molar-refractivity contribution < 1.29 is 5.11 Å². The second-order valence-electron chi connectivity index (χ2n) is 5.71. The zero-order chi connectivity index (χ0) is 15.5. The standard InChI is InChI=1S/C19H22N2O/c1-14-7-3-5-9-16(14)19(18(22)13-20-2)21-12-11-15-8-4-6-10-17(15)21/h3-12,18-20,22H,13H2,1-2H3. The first-order valence-corrected chi connectivity index (χ1v) is 7.66. The summed E-state index contributed by atoms with van der Waals surface area (Å²) < 4.78 is 2.18. The minimum atomic E-state index is -0.498. The van der Waals surface area contributed by atoms with Gasteiger partial charge in [0.2, 0.25) is 0 Å². The number of nitrogens with zero attached hydrogens (tertiary/aromatic N) is 1. The van der Waals surface area contributed by atoms with Gasteiger partial charge in [0.15, 0.2) is 0 Å². The molecule has 22 heavy (non-hydrogen) atoms. The van der Waals surface area contributed by atoms with E-state index >= 15 is 0 Å². The van der Waals surface area contributed by atoms with Crippen LogP contribution < -0.4 is 5.32 Å². The van der Waals surface area contributed by atoms with Crippen LogP contribution in [0.1, 0.15) is 17.2 Å². The van der Waals surface area contributed by atoms with Gasteiger partial charge < -0.3 is 15.0 Å². The molecule has 3 aromatic rings. The van der Waals surface area contributed by atoms with Gasteiger partial charge in [0.05, 0.1) is 12.1 Å². The van der Waals surface area contributed by atoms with Crippen LogP contribution in [0.25, 0.3) is 10.9 Å². The van der Waals surface area contributed by atoms with Crippen LogP contribution in [-0.4, -0.2) is 29.4 Å². The van der Waals surface area contributed by atoms with E-state index in [1.54, 1.807) is 0 Å². The fraction of sp³-hybridized carbons (Fsp3) is 0.263. The van der Waals surface area contributed by atoms with Crippen LogP contribution in [0.3, 0.4) is 0 Å². The van der Waals surface area contributed by atoms with Gasteiger partial charge in [-0.05, 0) is 42.6 Å². The summed E-state index contributed by atoms with van der Waals surface area (Å²) in [4.78, 5) is 0. The predicted octanol–water partition coefficient (Wildman–Crippen LogP) is 3.12. The van der Waals surface area contributed by atoms with Crippen LogP contribution in [0, 0.1) is 6.92 Å². The molecule has 0 saturated heterocycles. The Hall–Kier alpha value is -2.10. The molecule has 3 heteroatoms. The number of hydrogen-bond acceptors (Lipinski definition) is 2. The lowest BCUT2D eigenvalue weighted by Crippen LogP contribution is -2.33. The number of nitrogens with one attached hydrogen (secondary N) is 1. The number of likely N-dealkylation sites (N-methyl/N-ethyl adjacent to an activating group) is 1. The molecule has 0 radical (unpaired) electrons. The van der Waals surface area contributed by atoms with Crippen molar-refractivity contribution in [3.05, 3.63) is 71.9 Å². The van der Waals surface area contributed by atoms with Gasteiger partial charge in [-0.3, -0.25) is 0 Å². The molecule has 3 nitrogen and oxygen atoms in total. The SMILES string of the molecule is CNCC(O)C(c1ccccc1C)n1ccc2ccccc21. The van der Waals surface area contributed by atoms with Crippen LogP contribution >= 0.6 is 0 Å². The molecule has 0 aliphatic heterocycles. The number of aliphatic hydroxyl groups excluding tert-OH is 1. The number of hydrogen-bond donors (Lipinski definition) is 2. The molecule has 0 amide bonds. The van der Waals surface area contributed by atoms with Crippen LogP contribution in [-0.2, 0) is 0 Å². The van der Waals surface area contributed by atoms with Crippen molar-refractivity contribution in [3.63, 3.8) is 0 Å². The van der Waals surface area contributed by atoms with Crippen LogP contribution in [0.5, 0.6) is 0 Å². The summed E-state index contributed by atoms with van der Waals surface area (Å²) in [6.45, 7) is 2.64. The molecule has 1 heterocycles. The largest absolute Gasteiger partial charge is 0.389 e. The molecule has 0 spiro atoms. The van der Waals surface area contributed by atoms with Gasteiger partial charge in [-0.1, -0.05) is 42.5 Å². The number of para-hydroxylation sites is 1. The zero-order valence-corrected chi connectivity index (χ0v) is 13.0. The molecule has 2 unspecified atom stereocenters. The highest BCUT2D eigenvalue weighted by atomic mass is 16.3. The highest BCUT2D eigenvalue weighted by Crippen LogP contribution is 2.29. The topological polar surface area (TPSA) is 37.2 Å². The lowest BCUT2D eigenvalue weighted by molar-refractivity contribution is 0.132. The van der Waals surface area contributed by atoms with Gasteiger partial charge >= 0.3 is 0 Å². The number of aliphatic hydroxyl groups is 1. The summed E-state index contributed by atoms with van der Waals surface area (Å²) in [5.41, 5.74) is 3.50. The Balaban J connectivity index is 2.15. The second kappa shape index (κ2) is 6.34. The Kier molecular flexibility index (Phi) is 4.27. The number of aromatic nitrogens is 1. The Labute approximate surface area is 131 Å². The first-order chi connectivity index (χ1) is 10.7. The molecular formula is C19H22N2O. The van der Waals surface area contributed by atoms with E-state index in [-0.39, 0.29) is 6.04 Å². The molecule has 0 saturated carbocycles. The maximum atomic E-state index is 10.7. The van der Waals surface area contributed by atoms with Crippen molar-refractivity contribution in [2.24, 2.45) is 0 Å². The molecular weight excluding hydrogens is 272 g/mol. The van der Waals surface area contributed by atoms with Crippen molar-refractivity contribution >= 4 is 10.9 Å². The molecule has 3 rings (SSSR count). The first-order valence-electron chi connectivity index (χ1n) is 7.66. The summed E-state index contributed by atoms with van der Waals surface area (Å²) in [5.74, 6) is 0. The fourth-order valence-electron chi connectivity index (χ4n) is 3.13. The van der Waals surface area contributed by atoms with Gasteiger partial charge in [0, 0.05) is 18.3 Å². The molecule has 0 fully saturated rings. The Bertz CT molecular complexity index is 763. The number of benzene rings is 2. The number of aryl methyl sites for hydroxylation is 1. The molecule has 2 aromatic carbocycles. The van der Waals surface area contributed by atoms with Crippen molar-refractivity contribution in [3.8, 4) is 0 Å². The van der Waals surface area contributed by atoms with Crippen molar-refractivity contribution in [1.29, 1.82) is 0 Å². The molecule has 0 aliphatic carbocycles. The summed E-state index contributed by atoms with van der Waals surface area (Å²) in [7, 11) is 1.87. The highest BCUT2D eigenvalue weighted by Gasteiger charge is 2.24. The third-order valence-corrected chi connectivity index (χ3v) is 4.21. The first kappa shape index (κ1) is 14.8. The predicted molar refractivity (Wildman–Crippen MR) is 91.2 cm³/mol. The quantitative estimate of drug-likeness (QED) is 0.758. The van der Waals surface area contributed by atoms with Crippen LogP contribution in [0.2, 0.25) is 0 Å². The van der Waals surface area contributed by atoms with Gasteiger partial charge in [0.1, 0.15) is 0 Å². The average Bonchev–Trinajstić information content (AvgIpc) is 2.94. The van der Waals surface area contributed by atoms with Gasteiger partial charge in [-0.25, -0.2) is 0 Å². The minimum Gasteiger partial charge on any atom is -0.389 e. The molecule has 114 valence electrons. The van der Waals surface area contributed by atoms with Gasteiger partial charge in [-0.2, -0.15) is 0 Å². The van der Waals surface area contributed by atoms with Crippen molar-refractivity contribution in [2.75, 3.05) is 13.6 Å². The fourth-order valence-corrected chi connectivity index (χ4v) is 3.13. The smallest absolute Gasteiger partial charge is 0.0912 e. The van der Waals surface area contributed by atoms with E-state index < -0.39 is 6.10 Å². The Morgan fingerprint density at radius 1 is 1.05 bits per heavy atom. The van der Waals surface area contributed by atoms with Gasteiger partial charge in [0.25, 0.3) is 0 Å². The summed E-state index contributed by atoms with van der Waals surface area (Å²) in [5, 5.41) is 15.0. The maximum Gasteiger partial charge on any atom is 0.0912 e. The molecule has 2 N–H and O–H groups in total. The average molecular weight is 294 g/mol. The summed E-state index contributed by atoms with van der Waals surface area (Å²) >= 11 is 0. The summed E-state index contributed by atoms with van der Waals surface area (Å²) in [6.07, 6.45) is 1.57. The van der Waals surface area contributed by atoms with E-state index in [1.165, 1.54) is 10.9 Å². The number of fused-ring (bicyclic) bond motifs is 1. The normalized spacial score (nSPS) is 14.1. The molecule has 0 bridgehead atoms. The van der Waals surface area contributed by atoms with Gasteiger partial charge in [-0.15, -0.1) is 0 Å². The van der Waals surface area contributed by atoms with Crippen molar-refractivity contribution in [1.82, 2.24) is 9.88 Å². The maximum absolute atomic E-state index is 10.7. The third kappa shape index (κ3) is 2.65. The van der Waals surface area contributed by atoms with E-state index in [0.29, 0.717) is 6.54 Å². The monoisotopic (exact) mass is 294 g/mol. The zero-order valence-electron chi connectivity index (χ0n) is 13.0. The van der Waals surface area contributed by atoms with Crippen LogP contribution in [0.4, 0.5) is 0 Å². The molecule has 2 atom stereocenters. The van der Waals surface area contributed by atoms with Crippen molar-refractivity contribution in [2.45, 2.75) is 19.1 Å². The van der Waals surface area contributed by atoms with E-state index in [2.05, 4.69) is 53.3 Å². The minimum absolute atomic E-state index is 0.103. The van der Waals surface area contributed by atoms with Crippen LogP contribution in [0.15, 0.2) is 60.8 Å². The van der Waals surface area contributed by atoms with E-state index in [0.717, 1.165) is 11.1 Å². The van der Waals surface area contributed by atoms with E-state index in [4.69, 9.17) is 0 Å². The van der Waals surface area contributed by atoms with E-state index in [9.17, 15) is 5.11 Å². The second-order valence-corrected chi connectivity index (χ2v) is 5.71. The molecule has 1 aromatic heterocycles. The van der Waals surface area contributed by atoms with E-state index in [1.807, 2.05) is 31.3 Å². The molecule has 0 aliphatic rings. The lowest BCUT2D eigenvalue weighted by atomic mass is 9.96. The Morgan fingerprint density at radius 3 is 2.55 bits per heavy atom.